The largest absolute Gasteiger partial charge is 0.379 e. The summed E-state index contributed by atoms with van der Waals surface area (Å²) in [5, 5.41) is 3.99. The molecule has 7 nitrogen and oxygen atoms in total. The molecule has 2 saturated heterocycles. The number of benzene rings is 1. The molecule has 2 aliphatic heterocycles. The van der Waals surface area contributed by atoms with Crippen molar-refractivity contribution in [1.82, 2.24) is 19.9 Å². The Morgan fingerprint density at radius 2 is 1.69 bits per heavy atom. The number of halogens is 1. The summed E-state index contributed by atoms with van der Waals surface area (Å²) in [5.41, 5.74) is 0.629. The van der Waals surface area contributed by atoms with Gasteiger partial charge in [0.05, 0.1) is 13.2 Å². The van der Waals surface area contributed by atoms with Crippen LogP contribution in [0.4, 0.5) is 10.4 Å². The van der Waals surface area contributed by atoms with E-state index < -0.39 is 0 Å². The maximum atomic E-state index is 13.4. The number of rotatable bonds is 5. The van der Waals surface area contributed by atoms with Gasteiger partial charge in [0.2, 0.25) is 5.82 Å². The van der Waals surface area contributed by atoms with E-state index in [1.165, 1.54) is 12.1 Å². The lowest BCUT2D eigenvalue weighted by molar-refractivity contribution is 0.0330. The van der Waals surface area contributed by atoms with E-state index in [1.807, 2.05) is 0 Å². The van der Waals surface area contributed by atoms with Gasteiger partial charge in [-0.3, -0.25) is 9.80 Å². The van der Waals surface area contributed by atoms with Crippen LogP contribution in [-0.4, -0.2) is 85.5 Å². The van der Waals surface area contributed by atoms with Gasteiger partial charge in [0.15, 0.2) is 0 Å². The highest BCUT2D eigenvalue weighted by molar-refractivity contribution is 5.55. The smallest absolute Gasteiger partial charge is 0.324 e. The van der Waals surface area contributed by atoms with E-state index in [0.717, 1.165) is 65.6 Å². The van der Waals surface area contributed by atoms with Gasteiger partial charge in [-0.25, -0.2) is 4.39 Å². The molecule has 0 saturated carbocycles. The second kappa shape index (κ2) is 8.11. The van der Waals surface area contributed by atoms with E-state index in [1.54, 1.807) is 12.1 Å². The van der Waals surface area contributed by atoms with Crippen molar-refractivity contribution in [2.24, 2.45) is 0 Å². The monoisotopic (exact) mass is 361 g/mol. The lowest BCUT2D eigenvalue weighted by Gasteiger charge is -2.35. The van der Waals surface area contributed by atoms with Gasteiger partial charge in [-0.15, -0.1) is 0 Å². The molecule has 3 heterocycles. The maximum Gasteiger partial charge on any atom is 0.324 e. The van der Waals surface area contributed by atoms with Crippen LogP contribution in [0.3, 0.4) is 0 Å². The topological polar surface area (TPSA) is 57.9 Å². The summed E-state index contributed by atoms with van der Waals surface area (Å²) in [6.07, 6.45) is 0. The lowest BCUT2D eigenvalue weighted by Crippen LogP contribution is -2.49. The van der Waals surface area contributed by atoms with E-state index in [9.17, 15) is 4.39 Å². The predicted molar refractivity (Wildman–Crippen MR) is 95.6 cm³/mol. The summed E-state index contributed by atoms with van der Waals surface area (Å²) in [5.74, 6) is 0.122. The number of ether oxygens (including phenoxy) is 1. The van der Waals surface area contributed by atoms with Gasteiger partial charge < -0.3 is 14.2 Å². The van der Waals surface area contributed by atoms with E-state index in [4.69, 9.17) is 9.26 Å². The summed E-state index contributed by atoms with van der Waals surface area (Å²) >= 11 is 0. The summed E-state index contributed by atoms with van der Waals surface area (Å²) in [7, 11) is 0. The predicted octanol–water partition coefficient (Wildman–Crippen LogP) is 1.33. The number of piperazine rings is 1. The zero-order chi connectivity index (χ0) is 17.8. The average molecular weight is 361 g/mol. The molecule has 140 valence electrons. The number of morpholine rings is 1. The number of hydrogen-bond donors (Lipinski definition) is 0. The highest BCUT2D eigenvalue weighted by Crippen LogP contribution is 2.21. The van der Waals surface area contributed by atoms with Crippen LogP contribution in [0.2, 0.25) is 0 Å². The van der Waals surface area contributed by atoms with Crippen LogP contribution in [0.15, 0.2) is 28.8 Å². The second-order valence-electron chi connectivity index (χ2n) is 6.69. The molecule has 0 bridgehead atoms. The van der Waals surface area contributed by atoms with Crippen molar-refractivity contribution in [3.63, 3.8) is 0 Å². The molecule has 2 fully saturated rings. The fourth-order valence-electron chi connectivity index (χ4n) is 3.36. The Hall–Kier alpha value is -2.03. The van der Waals surface area contributed by atoms with Crippen LogP contribution < -0.4 is 4.90 Å². The molecule has 2 aromatic rings. The van der Waals surface area contributed by atoms with Crippen LogP contribution in [0.1, 0.15) is 0 Å². The first-order chi connectivity index (χ1) is 12.8. The molecule has 0 spiro atoms. The summed E-state index contributed by atoms with van der Waals surface area (Å²) < 4.78 is 24.1. The fraction of sp³-hybridized carbons (Fsp3) is 0.556. The van der Waals surface area contributed by atoms with E-state index in [0.29, 0.717) is 17.4 Å². The maximum absolute atomic E-state index is 13.4. The molecule has 4 rings (SSSR count). The van der Waals surface area contributed by atoms with Crippen LogP contribution >= 0.6 is 0 Å². The molecule has 0 aliphatic carbocycles. The summed E-state index contributed by atoms with van der Waals surface area (Å²) in [4.78, 5) is 11.5. The zero-order valence-corrected chi connectivity index (χ0v) is 14.8. The molecule has 1 aromatic carbocycles. The third kappa shape index (κ3) is 4.20. The minimum atomic E-state index is -0.303. The van der Waals surface area contributed by atoms with Crippen LogP contribution in [0, 0.1) is 5.82 Å². The molecule has 2 aliphatic rings. The molecule has 26 heavy (non-hydrogen) atoms. The van der Waals surface area contributed by atoms with Gasteiger partial charge in [0.25, 0.3) is 0 Å². The zero-order valence-electron chi connectivity index (χ0n) is 14.8. The molecule has 0 unspecified atom stereocenters. The normalized spacial score (nSPS) is 19.8. The molecular weight excluding hydrogens is 337 g/mol. The third-order valence-electron chi connectivity index (χ3n) is 4.98. The number of anilines is 1. The first-order valence-corrected chi connectivity index (χ1v) is 9.15. The van der Waals surface area contributed by atoms with Crippen molar-refractivity contribution in [3.05, 3.63) is 30.1 Å². The van der Waals surface area contributed by atoms with Crippen molar-refractivity contribution >= 4 is 6.01 Å². The first-order valence-electron chi connectivity index (χ1n) is 9.15. The molecule has 0 N–H and O–H groups in total. The van der Waals surface area contributed by atoms with Crippen molar-refractivity contribution in [2.75, 3.05) is 70.5 Å². The van der Waals surface area contributed by atoms with E-state index in [2.05, 4.69) is 24.8 Å². The van der Waals surface area contributed by atoms with Crippen LogP contribution in [-0.2, 0) is 4.74 Å². The second-order valence-corrected chi connectivity index (χ2v) is 6.69. The van der Waals surface area contributed by atoms with Gasteiger partial charge in [-0.2, -0.15) is 4.98 Å². The Bertz CT molecular complexity index is 711. The van der Waals surface area contributed by atoms with Gasteiger partial charge >= 0.3 is 6.01 Å². The molecule has 0 amide bonds. The highest BCUT2D eigenvalue weighted by atomic mass is 19.1. The first kappa shape index (κ1) is 17.4. The van der Waals surface area contributed by atoms with Gasteiger partial charge in [-0.05, 0) is 12.1 Å². The van der Waals surface area contributed by atoms with E-state index in [-0.39, 0.29) is 5.82 Å². The Morgan fingerprint density at radius 3 is 2.42 bits per heavy atom. The standard InChI is InChI=1S/C18H24FN5O2/c19-16-3-1-2-15(14-16)17-20-18(26-21-17)24-8-6-22(7-9-24)4-5-23-10-12-25-13-11-23/h1-3,14H,4-13H2. The van der Waals surface area contributed by atoms with Crippen LogP contribution in [0.5, 0.6) is 0 Å². The Balaban J connectivity index is 1.28. The van der Waals surface area contributed by atoms with Crippen molar-refractivity contribution in [1.29, 1.82) is 0 Å². The minimum absolute atomic E-state index is 0.303. The van der Waals surface area contributed by atoms with Gasteiger partial charge in [-0.1, -0.05) is 17.3 Å². The van der Waals surface area contributed by atoms with Gasteiger partial charge in [0, 0.05) is 57.9 Å². The molecule has 0 atom stereocenters. The lowest BCUT2D eigenvalue weighted by atomic mass is 10.2. The van der Waals surface area contributed by atoms with Crippen molar-refractivity contribution in [3.8, 4) is 11.4 Å². The van der Waals surface area contributed by atoms with Gasteiger partial charge in [0.1, 0.15) is 5.82 Å². The van der Waals surface area contributed by atoms with Crippen molar-refractivity contribution in [2.45, 2.75) is 0 Å². The SMILES string of the molecule is Fc1cccc(-c2noc(N3CCN(CCN4CCOCC4)CC3)n2)c1. The average Bonchev–Trinajstić information content (AvgIpc) is 3.18. The van der Waals surface area contributed by atoms with Crippen LogP contribution in [0.25, 0.3) is 11.4 Å². The number of aromatic nitrogens is 2. The Morgan fingerprint density at radius 1 is 0.962 bits per heavy atom. The summed E-state index contributed by atoms with van der Waals surface area (Å²) in [6.45, 7) is 9.58. The number of nitrogens with zero attached hydrogens (tertiary/aromatic N) is 5. The molecule has 1 aromatic heterocycles. The molecule has 8 heteroatoms. The Labute approximate surface area is 152 Å². The van der Waals surface area contributed by atoms with Crippen molar-refractivity contribution < 1.29 is 13.7 Å². The highest BCUT2D eigenvalue weighted by Gasteiger charge is 2.22. The fourth-order valence-corrected chi connectivity index (χ4v) is 3.36. The van der Waals surface area contributed by atoms with E-state index >= 15 is 0 Å². The third-order valence-corrected chi connectivity index (χ3v) is 4.98. The minimum Gasteiger partial charge on any atom is -0.379 e. The Kier molecular flexibility index (Phi) is 5.42. The number of hydrogen-bond acceptors (Lipinski definition) is 7. The quantitative estimate of drug-likeness (QED) is 0.796. The summed E-state index contributed by atoms with van der Waals surface area (Å²) in [6, 6.07) is 6.76. The molecule has 0 radical (unpaired) electrons. The molecular formula is C18H24FN5O2.